The van der Waals surface area contributed by atoms with Crippen molar-refractivity contribution < 1.29 is 4.79 Å². The number of carbonyl (C=O) groups excluding carboxylic acids is 1. The molecule has 1 saturated heterocycles. The van der Waals surface area contributed by atoms with E-state index in [-0.39, 0.29) is 18.1 Å². The third-order valence-corrected chi connectivity index (χ3v) is 4.89. The third kappa shape index (κ3) is 2.98. The van der Waals surface area contributed by atoms with Crippen LogP contribution in [0.3, 0.4) is 0 Å². The lowest BCUT2D eigenvalue weighted by Gasteiger charge is -2.32. The molecule has 2 aliphatic rings. The van der Waals surface area contributed by atoms with Gasteiger partial charge >= 0.3 is 0 Å². The Morgan fingerprint density at radius 2 is 1.86 bits per heavy atom. The molecule has 1 aromatic carbocycles. The number of aryl methyl sites for hydroxylation is 1. The lowest BCUT2D eigenvalue weighted by atomic mass is 10.0. The van der Waals surface area contributed by atoms with E-state index in [1.54, 1.807) is 0 Å². The Balaban J connectivity index is 1.88. The number of hydrogen-bond acceptors (Lipinski definition) is 2. The molecule has 0 radical (unpaired) electrons. The van der Waals surface area contributed by atoms with Crippen LogP contribution >= 0.6 is 0 Å². The van der Waals surface area contributed by atoms with Gasteiger partial charge in [0.25, 0.3) is 0 Å². The maximum Gasteiger partial charge on any atom is 0.241 e. The van der Waals surface area contributed by atoms with Gasteiger partial charge in [-0.05, 0) is 32.3 Å². The Labute approximate surface area is 127 Å². The topological polar surface area (TPSA) is 32.3 Å². The molecule has 1 saturated carbocycles. The Morgan fingerprint density at radius 1 is 1.14 bits per heavy atom. The highest BCUT2D eigenvalue weighted by Gasteiger charge is 2.40. The molecule has 2 atom stereocenters. The van der Waals surface area contributed by atoms with Crippen LogP contribution < -0.4 is 5.32 Å². The van der Waals surface area contributed by atoms with E-state index in [0.717, 1.165) is 12.8 Å². The smallest absolute Gasteiger partial charge is 0.241 e. The minimum atomic E-state index is -0.0706. The molecule has 1 heterocycles. The summed E-state index contributed by atoms with van der Waals surface area (Å²) in [6.07, 6.45) is 7.50. The molecule has 3 heteroatoms. The van der Waals surface area contributed by atoms with Gasteiger partial charge in [0.05, 0.1) is 6.04 Å². The average molecular weight is 286 g/mol. The van der Waals surface area contributed by atoms with Gasteiger partial charge in [0, 0.05) is 6.04 Å². The van der Waals surface area contributed by atoms with Gasteiger partial charge in [-0.3, -0.25) is 10.1 Å². The molecule has 1 N–H and O–H groups in total. The second-order valence-electron chi connectivity index (χ2n) is 6.60. The fourth-order valence-electron chi connectivity index (χ4n) is 3.76. The molecule has 1 amide bonds. The first kappa shape index (κ1) is 14.6. The minimum Gasteiger partial charge on any atom is -0.319 e. The standard InChI is InChI=1S/C18H26N2O/c1-13-8-7-9-15(12-13)17-19-14(2)18(21)20(17)16-10-5-3-4-6-11-16/h7-9,12,14,16-17,19H,3-6,10-11H2,1-2H3. The highest BCUT2D eigenvalue weighted by atomic mass is 16.2. The number of benzene rings is 1. The quantitative estimate of drug-likeness (QED) is 0.843. The van der Waals surface area contributed by atoms with E-state index in [0.29, 0.717) is 6.04 Å². The summed E-state index contributed by atoms with van der Waals surface area (Å²) in [5.41, 5.74) is 2.47. The molecule has 21 heavy (non-hydrogen) atoms. The summed E-state index contributed by atoms with van der Waals surface area (Å²) < 4.78 is 0. The first-order chi connectivity index (χ1) is 10.2. The number of nitrogens with zero attached hydrogens (tertiary/aromatic N) is 1. The number of hydrogen-bond donors (Lipinski definition) is 1. The summed E-state index contributed by atoms with van der Waals surface area (Å²) in [6.45, 7) is 4.10. The fourth-order valence-corrected chi connectivity index (χ4v) is 3.76. The van der Waals surface area contributed by atoms with Crippen LogP contribution in [0.15, 0.2) is 24.3 Å². The number of nitrogens with one attached hydrogen (secondary N) is 1. The van der Waals surface area contributed by atoms with Crippen LogP contribution in [0.4, 0.5) is 0 Å². The first-order valence-corrected chi connectivity index (χ1v) is 8.31. The van der Waals surface area contributed by atoms with Gasteiger partial charge in [0.1, 0.15) is 6.17 Å². The van der Waals surface area contributed by atoms with Crippen LogP contribution in [0, 0.1) is 6.92 Å². The third-order valence-electron chi connectivity index (χ3n) is 4.89. The Morgan fingerprint density at radius 3 is 2.52 bits per heavy atom. The van der Waals surface area contributed by atoms with Crippen molar-refractivity contribution in [2.75, 3.05) is 0 Å². The van der Waals surface area contributed by atoms with Gasteiger partial charge < -0.3 is 4.90 Å². The second-order valence-corrected chi connectivity index (χ2v) is 6.60. The molecule has 2 fully saturated rings. The molecule has 0 spiro atoms. The van der Waals surface area contributed by atoms with E-state index in [1.165, 1.54) is 36.8 Å². The van der Waals surface area contributed by atoms with Gasteiger partial charge in [-0.1, -0.05) is 55.5 Å². The zero-order chi connectivity index (χ0) is 14.8. The number of carbonyl (C=O) groups is 1. The summed E-state index contributed by atoms with van der Waals surface area (Å²) in [5.74, 6) is 0.272. The minimum absolute atomic E-state index is 0.0514. The average Bonchev–Trinajstić information content (AvgIpc) is 2.68. The zero-order valence-electron chi connectivity index (χ0n) is 13.1. The summed E-state index contributed by atoms with van der Waals surface area (Å²) >= 11 is 0. The Kier molecular flexibility index (Phi) is 4.29. The summed E-state index contributed by atoms with van der Waals surface area (Å²) in [6, 6.07) is 8.87. The molecular weight excluding hydrogens is 260 g/mol. The molecule has 0 aromatic heterocycles. The van der Waals surface area contributed by atoms with Crippen LogP contribution in [0.1, 0.15) is 62.7 Å². The van der Waals surface area contributed by atoms with Crippen LogP contribution in [0.2, 0.25) is 0 Å². The van der Waals surface area contributed by atoms with Crippen molar-refractivity contribution in [3.05, 3.63) is 35.4 Å². The van der Waals surface area contributed by atoms with Crippen molar-refractivity contribution in [2.45, 2.75) is 70.6 Å². The van der Waals surface area contributed by atoms with Crippen molar-refractivity contribution in [3.8, 4) is 0 Å². The summed E-state index contributed by atoms with van der Waals surface area (Å²) in [4.78, 5) is 14.8. The van der Waals surface area contributed by atoms with Crippen molar-refractivity contribution in [1.29, 1.82) is 0 Å². The molecule has 1 aromatic rings. The predicted molar refractivity (Wildman–Crippen MR) is 84.9 cm³/mol. The fraction of sp³-hybridized carbons (Fsp3) is 0.611. The zero-order valence-corrected chi connectivity index (χ0v) is 13.1. The summed E-state index contributed by atoms with van der Waals surface area (Å²) in [7, 11) is 0. The summed E-state index contributed by atoms with van der Waals surface area (Å²) in [5, 5.41) is 3.49. The van der Waals surface area contributed by atoms with E-state index in [1.807, 2.05) is 6.92 Å². The number of amides is 1. The molecular formula is C18H26N2O. The molecule has 1 aliphatic carbocycles. The van der Waals surface area contributed by atoms with Gasteiger partial charge in [-0.2, -0.15) is 0 Å². The normalized spacial score (nSPS) is 27.9. The highest BCUT2D eigenvalue weighted by molar-refractivity contribution is 5.84. The monoisotopic (exact) mass is 286 g/mol. The van der Waals surface area contributed by atoms with E-state index in [4.69, 9.17) is 0 Å². The first-order valence-electron chi connectivity index (χ1n) is 8.31. The lowest BCUT2D eigenvalue weighted by Crippen LogP contribution is -2.39. The van der Waals surface area contributed by atoms with Gasteiger partial charge in [0.15, 0.2) is 0 Å². The number of rotatable bonds is 2. The highest BCUT2D eigenvalue weighted by Crippen LogP contribution is 2.33. The van der Waals surface area contributed by atoms with Crippen molar-refractivity contribution in [1.82, 2.24) is 10.2 Å². The van der Waals surface area contributed by atoms with E-state index in [2.05, 4.69) is 41.4 Å². The van der Waals surface area contributed by atoms with Crippen molar-refractivity contribution in [2.24, 2.45) is 0 Å². The molecule has 0 bridgehead atoms. The van der Waals surface area contributed by atoms with Gasteiger partial charge in [-0.15, -0.1) is 0 Å². The Bertz CT molecular complexity index is 506. The van der Waals surface area contributed by atoms with Crippen LogP contribution in [-0.2, 0) is 4.79 Å². The maximum absolute atomic E-state index is 12.6. The maximum atomic E-state index is 12.6. The van der Waals surface area contributed by atoms with E-state index >= 15 is 0 Å². The van der Waals surface area contributed by atoms with Gasteiger partial charge in [0.2, 0.25) is 5.91 Å². The second kappa shape index (κ2) is 6.18. The van der Waals surface area contributed by atoms with Crippen molar-refractivity contribution >= 4 is 5.91 Å². The predicted octanol–water partition coefficient (Wildman–Crippen LogP) is 3.54. The lowest BCUT2D eigenvalue weighted by molar-refractivity contribution is -0.132. The molecule has 114 valence electrons. The molecule has 3 nitrogen and oxygen atoms in total. The Hall–Kier alpha value is -1.35. The molecule has 1 aliphatic heterocycles. The van der Waals surface area contributed by atoms with Crippen LogP contribution in [-0.4, -0.2) is 22.9 Å². The van der Waals surface area contributed by atoms with E-state index < -0.39 is 0 Å². The molecule has 3 rings (SSSR count). The van der Waals surface area contributed by atoms with Crippen molar-refractivity contribution in [3.63, 3.8) is 0 Å². The van der Waals surface area contributed by atoms with Crippen LogP contribution in [0.25, 0.3) is 0 Å². The largest absolute Gasteiger partial charge is 0.319 e. The van der Waals surface area contributed by atoms with E-state index in [9.17, 15) is 4.79 Å². The van der Waals surface area contributed by atoms with Crippen LogP contribution in [0.5, 0.6) is 0 Å². The van der Waals surface area contributed by atoms with Gasteiger partial charge in [-0.25, -0.2) is 0 Å². The SMILES string of the molecule is Cc1cccc(C2NC(C)C(=O)N2C2CCCCCC2)c1. The molecule has 2 unspecified atom stereocenters.